The monoisotopic (exact) mass is 318 g/mol. The minimum Gasteiger partial charge on any atom is -0.304 e. The maximum absolute atomic E-state index is 12.4. The van der Waals surface area contributed by atoms with Crippen LogP contribution in [0.1, 0.15) is 0 Å². The van der Waals surface area contributed by atoms with E-state index in [4.69, 9.17) is 0 Å². The van der Waals surface area contributed by atoms with E-state index >= 15 is 0 Å². The van der Waals surface area contributed by atoms with Crippen molar-refractivity contribution in [2.24, 2.45) is 0 Å². The van der Waals surface area contributed by atoms with Crippen LogP contribution in [0, 0.1) is 0 Å². The summed E-state index contributed by atoms with van der Waals surface area (Å²) in [5, 5.41) is 0. The zero-order chi connectivity index (χ0) is 15.0. The number of hydrogen-bond acceptors (Lipinski definition) is 5. The first kappa shape index (κ1) is 15.4. The molecule has 1 aliphatic heterocycles. The maximum atomic E-state index is 12.4. The first-order valence-electron chi connectivity index (χ1n) is 6.20. The Labute approximate surface area is 120 Å². The Hall–Kier alpha value is -0.960. The molecule has 0 bridgehead atoms. The van der Waals surface area contributed by atoms with Gasteiger partial charge in [-0.1, -0.05) is 0 Å². The van der Waals surface area contributed by atoms with Crippen LogP contribution in [0.2, 0.25) is 0 Å². The Bertz CT molecular complexity index is 673. The van der Waals surface area contributed by atoms with Gasteiger partial charge in [0.15, 0.2) is 9.84 Å². The SMILES string of the molecule is CN1CCN(S(=O)(=O)c2ccc(S(C)(=O)=O)cc2)CC1. The van der Waals surface area contributed by atoms with Crippen molar-refractivity contribution in [2.75, 3.05) is 39.5 Å². The third-order valence-electron chi connectivity index (χ3n) is 3.35. The quantitative estimate of drug-likeness (QED) is 0.786. The van der Waals surface area contributed by atoms with E-state index in [-0.39, 0.29) is 9.79 Å². The molecular formula is C12H18N2O4S2. The highest BCUT2D eigenvalue weighted by Gasteiger charge is 2.27. The van der Waals surface area contributed by atoms with Crippen molar-refractivity contribution in [3.05, 3.63) is 24.3 Å². The molecule has 0 N–H and O–H groups in total. The molecule has 0 spiro atoms. The van der Waals surface area contributed by atoms with Crippen LogP contribution in [-0.2, 0) is 19.9 Å². The fraction of sp³-hybridized carbons (Fsp3) is 0.500. The molecule has 0 unspecified atom stereocenters. The van der Waals surface area contributed by atoms with Gasteiger partial charge in [-0.2, -0.15) is 4.31 Å². The van der Waals surface area contributed by atoms with Gasteiger partial charge in [-0.3, -0.25) is 0 Å². The van der Waals surface area contributed by atoms with Crippen molar-refractivity contribution >= 4 is 19.9 Å². The molecule has 0 atom stereocenters. The minimum atomic E-state index is -3.54. The van der Waals surface area contributed by atoms with Crippen LogP contribution in [0.15, 0.2) is 34.1 Å². The lowest BCUT2D eigenvalue weighted by atomic mass is 10.4. The molecule has 1 fully saturated rings. The molecule has 0 aromatic heterocycles. The number of benzene rings is 1. The van der Waals surface area contributed by atoms with E-state index in [2.05, 4.69) is 4.90 Å². The number of rotatable bonds is 3. The van der Waals surface area contributed by atoms with Gasteiger partial charge in [0.2, 0.25) is 10.0 Å². The average Bonchev–Trinajstić information content (AvgIpc) is 2.38. The van der Waals surface area contributed by atoms with Gasteiger partial charge in [0.05, 0.1) is 9.79 Å². The molecule has 0 amide bonds. The lowest BCUT2D eigenvalue weighted by Gasteiger charge is -2.31. The van der Waals surface area contributed by atoms with Gasteiger partial charge in [0.1, 0.15) is 0 Å². The average molecular weight is 318 g/mol. The van der Waals surface area contributed by atoms with E-state index in [1.165, 1.54) is 28.6 Å². The molecule has 1 heterocycles. The summed E-state index contributed by atoms with van der Waals surface area (Å²) in [6.45, 7) is 2.29. The fourth-order valence-corrected chi connectivity index (χ4v) is 4.09. The molecule has 1 aromatic rings. The van der Waals surface area contributed by atoms with E-state index in [1.54, 1.807) is 0 Å². The molecule has 1 aromatic carbocycles. The summed E-state index contributed by atoms with van der Waals surface area (Å²) in [5.74, 6) is 0. The molecule has 1 saturated heterocycles. The van der Waals surface area contributed by atoms with Gasteiger partial charge in [0.25, 0.3) is 0 Å². The smallest absolute Gasteiger partial charge is 0.243 e. The van der Waals surface area contributed by atoms with Crippen LogP contribution in [0.5, 0.6) is 0 Å². The predicted octanol–water partition coefficient (Wildman–Crippen LogP) is 0.0262. The number of nitrogens with zero attached hydrogens (tertiary/aromatic N) is 2. The maximum Gasteiger partial charge on any atom is 0.243 e. The second kappa shape index (κ2) is 5.44. The summed E-state index contributed by atoms with van der Waals surface area (Å²) in [4.78, 5) is 2.32. The highest BCUT2D eigenvalue weighted by atomic mass is 32.2. The van der Waals surface area contributed by atoms with Crippen LogP contribution in [-0.4, -0.2) is 65.5 Å². The Kier molecular flexibility index (Phi) is 4.19. The van der Waals surface area contributed by atoms with Gasteiger partial charge < -0.3 is 4.90 Å². The summed E-state index contributed by atoms with van der Waals surface area (Å²) >= 11 is 0. The standard InChI is InChI=1S/C12H18N2O4S2/c1-13-7-9-14(10-8-13)20(17,18)12-5-3-11(4-6-12)19(2,15)16/h3-6H,7-10H2,1-2H3. The van der Waals surface area contributed by atoms with E-state index in [0.29, 0.717) is 26.2 Å². The van der Waals surface area contributed by atoms with Crippen LogP contribution < -0.4 is 0 Å². The molecule has 8 heteroatoms. The summed E-state index contributed by atoms with van der Waals surface area (Å²) in [7, 11) is -4.90. The van der Waals surface area contributed by atoms with E-state index in [0.717, 1.165) is 6.26 Å². The van der Waals surface area contributed by atoms with Gasteiger partial charge >= 0.3 is 0 Å². The predicted molar refractivity (Wildman–Crippen MR) is 75.8 cm³/mol. The molecule has 6 nitrogen and oxygen atoms in total. The molecule has 0 radical (unpaired) electrons. The zero-order valence-corrected chi connectivity index (χ0v) is 13.1. The number of sulfonamides is 1. The Balaban J connectivity index is 2.26. The van der Waals surface area contributed by atoms with Crippen molar-refractivity contribution in [3.8, 4) is 0 Å². The molecule has 0 aliphatic carbocycles. The fourth-order valence-electron chi connectivity index (χ4n) is 2.04. The number of hydrogen-bond donors (Lipinski definition) is 0. The lowest BCUT2D eigenvalue weighted by Crippen LogP contribution is -2.46. The van der Waals surface area contributed by atoms with Crippen molar-refractivity contribution in [1.82, 2.24) is 9.21 Å². The number of sulfone groups is 1. The summed E-state index contributed by atoms with van der Waals surface area (Å²) < 4.78 is 49.0. The third kappa shape index (κ3) is 3.20. The van der Waals surface area contributed by atoms with Crippen molar-refractivity contribution < 1.29 is 16.8 Å². The third-order valence-corrected chi connectivity index (χ3v) is 6.39. The Morgan fingerprint density at radius 2 is 1.30 bits per heavy atom. The lowest BCUT2D eigenvalue weighted by molar-refractivity contribution is 0.222. The van der Waals surface area contributed by atoms with Crippen molar-refractivity contribution in [3.63, 3.8) is 0 Å². The van der Waals surface area contributed by atoms with Gasteiger partial charge in [-0.05, 0) is 31.3 Å². The van der Waals surface area contributed by atoms with Crippen LogP contribution in [0.3, 0.4) is 0 Å². The van der Waals surface area contributed by atoms with Crippen molar-refractivity contribution in [2.45, 2.75) is 9.79 Å². The topological polar surface area (TPSA) is 74.8 Å². The van der Waals surface area contributed by atoms with Gasteiger partial charge in [-0.25, -0.2) is 16.8 Å². The summed E-state index contributed by atoms with van der Waals surface area (Å²) in [6, 6.07) is 5.37. The number of piperazine rings is 1. The van der Waals surface area contributed by atoms with E-state index in [1.807, 2.05) is 7.05 Å². The molecule has 1 aliphatic rings. The summed E-state index contributed by atoms with van der Waals surface area (Å²) in [6.07, 6.45) is 1.09. The largest absolute Gasteiger partial charge is 0.304 e. The molecular weight excluding hydrogens is 300 g/mol. The first-order valence-corrected chi connectivity index (χ1v) is 9.53. The van der Waals surface area contributed by atoms with Crippen LogP contribution in [0.4, 0.5) is 0 Å². The highest BCUT2D eigenvalue weighted by molar-refractivity contribution is 7.90. The van der Waals surface area contributed by atoms with Crippen molar-refractivity contribution in [1.29, 1.82) is 0 Å². The normalized spacial score (nSPS) is 19.1. The second-order valence-corrected chi connectivity index (χ2v) is 8.90. The van der Waals surface area contributed by atoms with E-state index in [9.17, 15) is 16.8 Å². The van der Waals surface area contributed by atoms with E-state index < -0.39 is 19.9 Å². The second-order valence-electron chi connectivity index (χ2n) is 4.95. The van der Waals surface area contributed by atoms with Crippen LogP contribution in [0.25, 0.3) is 0 Å². The Morgan fingerprint density at radius 1 is 0.850 bits per heavy atom. The molecule has 0 saturated carbocycles. The zero-order valence-electron chi connectivity index (χ0n) is 11.5. The number of likely N-dealkylation sites (N-methyl/N-ethyl adjacent to an activating group) is 1. The molecule has 112 valence electrons. The van der Waals surface area contributed by atoms with Gasteiger partial charge in [-0.15, -0.1) is 0 Å². The molecule has 2 rings (SSSR count). The highest BCUT2D eigenvalue weighted by Crippen LogP contribution is 2.19. The minimum absolute atomic E-state index is 0.120. The molecule has 20 heavy (non-hydrogen) atoms. The van der Waals surface area contributed by atoms with Crippen LogP contribution >= 0.6 is 0 Å². The Morgan fingerprint density at radius 3 is 1.75 bits per heavy atom. The van der Waals surface area contributed by atoms with Gasteiger partial charge in [0, 0.05) is 32.4 Å². The summed E-state index contributed by atoms with van der Waals surface area (Å²) in [5.41, 5.74) is 0. The first-order chi connectivity index (χ1) is 9.21.